The van der Waals surface area contributed by atoms with E-state index in [2.05, 4.69) is 15.6 Å². The molecule has 4 atom stereocenters. The lowest BCUT2D eigenvalue weighted by Crippen LogP contribution is -2.61. The van der Waals surface area contributed by atoms with Gasteiger partial charge >= 0.3 is 12.2 Å². The van der Waals surface area contributed by atoms with Crippen molar-refractivity contribution in [2.24, 2.45) is 5.92 Å². The van der Waals surface area contributed by atoms with Crippen molar-refractivity contribution in [2.45, 2.75) is 88.9 Å². The molecule has 0 bridgehead atoms. The van der Waals surface area contributed by atoms with Crippen molar-refractivity contribution in [3.8, 4) is 0 Å². The maximum absolute atomic E-state index is 15.6. The summed E-state index contributed by atoms with van der Waals surface area (Å²) < 4.78 is 55.5. The van der Waals surface area contributed by atoms with Gasteiger partial charge in [-0.3, -0.25) is 9.78 Å². The van der Waals surface area contributed by atoms with Crippen LogP contribution in [0.4, 0.5) is 19.7 Å². The maximum atomic E-state index is 15.6. The minimum atomic E-state index is -4.04. The Balaban J connectivity index is 1.67. The smallest absolute Gasteiger partial charge is 0.410 e. The van der Waals surface area contributed by atoms with Crippen LogP contribution in [0.5, 0.6) is 0 Å². The van der Waals surface area contributed by atoms with Gasteiger partial charge in [0.05, 0.1) is 30.1 Å². The lowest BCUT2D eigenvalue weighted by atomic mass is 9.82. The Bertz CT molecular complexity index is 1820. The summed E-state index contributed by atoms with van der Waals surface area (Å²) in [7, 11) is -2.86. The van der Waals surface area contributed by atoms with Gasteiger partial charge in [-0.2, -0.15) is 4.31 Å². The van der Waals surface area contributed by atoms with E-state index in [1.54, 1.807) is 70.2 Å². The van der Waals surface area contributed by atoms with Gasteiger partial charge in [0.1, 0.15) is 17.5 Å². The molecule has 12 nitrogen and oxygen atoms in total. The summed E-state index contributed by atoms with van der Waals surface area (Å²) in [5, 5.41) is 5.89. The molecule has 1 fully saturated rings. The van der Waals surface area contributed by atoms with Crippen molar-refractivity contribution < 1.29 is 36.7 Å². The van der Waals surface area contributed by atoms with E-state index < -0.39 is 63.6 Å². The summed E-state index contributed by atoms with van der Waals surface area (Å²) in [6, 6.07) is 12.3. The second kappa shape index (κ2) is 17.0. The fourth-order valence-corrected chi connectivity index (χ4v) is 8.48. The minimum absolute atomic E-state index is 0.0119. The highest BCUT2D eigenvalue weighted by Gasteiger charge is 2.43. The largest absolute Gasteiger partial charge is 0.453 e. The second-order valence-corrected chi connectivity index (χ2v) is 16.4. The lowest BCUT2D eigenvalue weighted by Gasteiger charge is -2.44. The molecule has 15 heteroatoms. The summed E-state index contributed by atoms with van der Waals surface area (Å²) >= 11 is 6.12. The number of alkyl carbamates (subject to hydrolysis) is 1. The Morgan fingerprint density at radius 2 is 1.69 bits per heavy atom. The predicted octanol–water partition coefficient (Wildman–Crippen LogP) is 6.61. The average Bonchev–Trinajstić information content (AvgIpc) is 3.07. The van der Waals surface area contributed by atoms with Crippen LogP contribution in [0.2, 0.25) is 5.02 Å². The second-order valence-electron chi connectivity index (χ2n) is 14.1. The number of ether oxygens (including phenoxy) is 2. The van der Waals surface area contributed by atoms with Gasteiger partial charge in [0, 0.05) is 41.7 Å². The highest BCUT2D eigenvalue weighted by Crippen LogP contribution is 2.33. The minimum Gasteiger partial charge on any atom is -0.453 e. The third-order valence-electron chi connectivity index (χ3n) is 8.74. The third-order valence-corrected chi connectivity index (χ3v) is 11.1. The number of piperazine rings is 1. The van der Waals surface area contributed by atoms with Crippen molar-refractivity contribution in [1.29, 1.82) is 0 Å². The van der Waals surface area contributed by atoms with Gasteiger partial charge < -0.3 is 25.0 Å². The number of carbonyl (C=O) groups excluding carboxylic acids is 3. The number of methoxy groups -OCH3 is 1. The Labute approximate surface area is 310 Å². The zero-order valence-electron chi connectivity index (χ0n) is 30.4. The number of anilines is 1. The summed E-state index contributed by atoms with van der Waals surface area (Å²) in [4.78, 5) is 45.2. The first kappa shape index (κ1) is 40.5. The van der Waals surface area contributed by atoms with Gasteiger partial charge in [-0.25, -0.2) is 22.4 Å². The SMILES string of the molecule is COC(=O)NC(C(=O)Nc1cncc(F)c1CCC1CN(C(=O)OC(C)(C)C)CC(C)N1S(=O)(=O)c1ccccc1)C(c1ccc(Cl)cc1)C(C)C. The van der Waals surface area contributed by atoms with Crippen molar-refractivity contribution in [2.75, 3.05) is 25.5 Å². The number of halogens is 2. The zero-order chi connectivity index (χ0) is 38.4. The van der Waals surface area contributed by atoms with E-state index >= 15 is 4.39 Å². The number of aromatic nitrogens is 1. The number of benzene rings is 2. The van der Waals surface area contributed by atoms with Gasteiger partial charge in [-0.1, -0.05) is 55.8 Å². The molecule has 2 N–H and O–H groups in total. The average molecular weight is 760 g/mol. The van der Waals surface area contributed by atoms with Crippen LogP contribution in [0.3, 0.4) is 0 Å². The van der Waals surface area contributed by atoms with Gasteiger partial charge in [0.2, 0.25) is 15.9 Å². The first-order chi connectivity index (χ1) is 24.4. The molecule has 3 aromatic rings. The lowest BCUT2D eigenvalue weighted by molar-refractivity contribution is -0.118. The molecule has 1 aromatic heterocycles. The predicted molar refractivity (Wildman–Crippen MR) is 196 cm³/mol. The molecule has 4 rings (SSSR count). The number of amides is 3. The van der Waals surface area contributed by atoms with Crippen LogP contribution in [0.15, 0.2) is 71.9 Å². The number of rotatable bonds is 11. The van der Waals surface area contributed by atoms with Crippen LogP contribution < -0.4 is 10.6 Å². The maximum Gasteiger partial charge on any atom is 0.410 e. The van der Waals surface area contributed by atoms with Crippen LogP contribution >= 0.6 is 11.6 Å². The van der Waals surface area contributed by atoms with Crippen molar-refractivity contribution in [3.63, 3.8) is 0 Å². The fraction of sp³-hybridized carbons (Fsp3) is 0.459. The van der Waals surface area contributed by atoms with Gasteiger partial charge in [-0.05, 0) is 76.3 Å². The molecular formula is C37H47ClFN5O7S. The van der Waals surface area contributed by atoms with Crippen LogP contribution in [0.25, 0.3) is 0 Å². The Kier molecular flexibility index (Phi) is 13.3. The van der Waals surface area contributed by atoms with E-state index in [1.807, 2.05) is 13.8 Å². The monoisotopic (exact) mass is 759 g/mol. The van der Waals surface area contributed by atoms with Crippen molar-refractivity contribution in [3.05, 3.63) is 89.0 Å². The van der Waals surface area contributed by atoms with Crippen LogP contribution in [-0.2, 0) is 30.7 Å². The third kappa shape index (κ3) is 9.98. The molecule has 1 aliphatic rings. The van der Waals surface area contributed by atoms with Crippen LogP contribution in [0, 0.1) is 11.7 Å². The first-order valence-electron chi connectivity index (χ1n) is 17.0. The molecule has 1 aliphatic heterocycles. The molecule has 3 amide bonds. The number of hydrogen-bond donors (Lipinski definition) is 2. The van der Waals surface area contributed by atoms with Crippen LogP contribution in [0.1, 0.15) is 65.0 Å². The zero-order valence-corrected chi connectivity index (χ0v) is 32.0. The number of sulfonamides is 1. The van der Waals surface area contributed by atoms with E-state index in [0.717, 1.165) is 11.8 Å². The first-order valence-corrected chi connectivity index (χ1v) is 18.8. The molecule has 2 heterocycles. The quantitative estimate of drug-likeness (QED) is 0.222. The Morgan fingerprint density at radius 1 is 1.04 bits per heavy atom. The van der Waals surface area contributed by atoms with E-state index in [1.165, 1.54) is 34.6 Å². The molecule has 2 aromatic carbocycles. The molecule has 282 valence electrons. The molecule has 0 radical (unpaired) electrons. The van der Waals surface area contributed by atoms with Gasteiger partial charge in [-0.15, -0.1) is 0 Å². The number of pyridine rings is 1. The summed E-state index contributed by atoms with van der Waals surface area (Å²) in [5.41, 5.74) is 0.0747. The number of hydrogen-bond acceptors (Lipinski definition) is 8. The molecule has 0 aliphatic carbocycles. The summed E-state index contributed by atoms with van der Waals surface area (Å²) in [6.07, 6.45) is 0.918. The number of carbonyl (C=O) groups is 3. The number of nitrogens with one attached hydrogen (secondary N) is 2. The molecule has 1 saturated heterocycles. The van der Waals surface area contributed by atoms with Crippen molar-refractivity contribution in [1.82, 2.24) is 19.5 Å². The highest BCUT2D eigenvalue weighted by atomic mass is 35.5. The van der Waals surface area contributed by atoms with E-state index in [-0.39, 0.29) is 48.0 Å². The number of nitrogens with zero attached hydrogens (tertiary/aromatic N) is 3. The molecule has 4 unspecified atom stereocenters. The van der Waals surface area contributed by atoms with E-state index in [4.69, 9.17) is 21.1 Å². The topological polar surface area (TPSA) is 147 Å². The Morgan fingerprint density at radius 3 is 2.29 bits per heavy atom. The van der Waals surface area contributed by atoms with Gasteiger partial charge in [0.25, 0.3) is 0 Å². The normalized spacial score (nSPS) is 18.0. The molecular weight excluding hydrogens is 713 g/mol. The molecule has 52 heavy (non-hydrogen) atoms. The van der Waals surface area contributed by atoms with E-state index in [0.29, 0.717) is 5.02 Å². The Hall–Kier alpha value is -4.27. The van der Waals surface area contributed by atoms with Gasteiger partial charge in [0.15, 0.2) is 0 Å². The van der Waals surface area contributed by atoms with Crippen molar-refractivity contribution >= 4 is 45.4 Å². The standard InChI is InChI=1S/C37H47ClFN5O7S/c1-23(2)32(25-13-15-26(38)16-14-25)33(42-35(46)50-7)34(45)41-31-20-40-19-30(39)29(31)18-17-27-22-43(36(47)51-37(4,5)6)21-24(3)44(27)52(48,49)28-11-9-8-10-12-28/h8-16,19-20,23-24,27,32-33H,17-18,21-22H2,1-7H3,(H,41,45)(H,42,46). The molecule has 0 saturated carbocycles. The van der Waals surface area contributed by atoms with Crippen LogP contribution in [-0.4, -0.2) is 84.6 Å². The molecule has 0 spiro atoms. The summed E-state index contributed by atoms with van der Waals surface area (Å²) in [6.45, 7) is 10.8. The fourth-order valence-electron chi connectivity index (χ4n) is 6.51. The van der Waals surface area contributed by atoms with E-state index in [9.17, 15) is 22.8 Å². The summed E-state index contributed by atoms with van der Waals surface area (Å²) in [5.74, 6) is -2.07. The highest BCUT2D eigenvalue weighted by molar-refractivity contribution is 7.89.